The number of nitrogens with zero attached hydrogens (tertiary/aromatic N) is 1. The Labute approximate surface area is 132 Å². The van der Waals surface area contributed by atoms with Gasteiger partial charge < -0.3 is 10.6 Å². The fourth-order valence-electron chi connectivity index (χ4n) is 2.76. The molecule has 0 aromatic heterocycles. The summed E-state index contributed by atoms with van der Waals surface area (Å²) in [5.74, 6) is 0.0823. The summed E-state index contributed by atoms with van der Waals surface area (Å²) < 4.78 is 0. The zero-order valence-electron chi connectivity index (χ0n) is 13.2. The predicted molar refractivity (Wildman–Crippen MR) is 88.2 cm³/mol. The highest BCUT2D eigenvalue weighted by atomic mass is 16.1. The van der Waals surface area contributed by atoms with E-state index in [2.05, 4.69) is 24.5 Å². The SMILES string of the molecule is CC(C)c1ccccc1N/C=C(/C#N)C(=O)NC1CCCC1. The molecule has 1 aromatic rings. The lowest BCUT2D eigenvalue weighted by Crippen LogP contribution is -2.33. The second-order valence-electron chi connectivity index (χ2n) is 6.01. The minimum absolute atomic E-state index is 0.116. The Morgan fingerprint density at radius 2 is 2.00 bits per heavy atom. The predicted octanol–water partition coefficient (Wildman–Crippen LogP) is 3.69. The molecule has 1 aliphatic rings. The fraction of sp³-hybridized carbons (Fsp3) is 0.444. The number of rotatable bonds is 5. The lowest BCUT2D eigenvalue weighted by molar-refractivity contribution is -0.117. The van der Waals surface area contributed by atoms with Crippen molar-refractivity contribution in [1.82, 2.24) is 5.32 Å². The van der Waals surface area contributed by atoms with Crippen LogP contribution in [0.1, 0.15) is 51.0 Å². The van der Waals surface area contributed by atoms with E-state index >= 15 is 0 Å². The van der Waals surface area contributed by atoms with Crippen molar-refractivity contribution >= 4 is 11.6 Å². The van der Waals surface area contributed by atoms with E-state index in [0.29, 0.717) is 5.92 Å². The maximum absolute atomic E-state index is 12.1. The van der Waals surface area contributed by atoms with Gasteiger partial charge in [0.1, 0.15) is 11.6 Å². The minimum atomic E-state index is -0.288. The Bertz CT molecular complexity index is 593. The van der Waals surface area contributed by atoms with E-state index in [1.807, 2.05) is 30.3 Å². The molecule has 22 heavy (non-hydrogen) atoms. The van der Waals surface area contributed by atoms with Crippen molar-refractivity contribution in [2.24, 2.45) is 0 Å². The van der Waals surface area contributed by atoms with Gasteiger partial charge >= 0.3 is 0 Å². The summed E-state index contributed by atoms with van der Waals surface area (Å²) >= 11 is 0. The summed E-state index contributed by atoms with van der Waals surface area (Å²) in [7, 11) is 0. The third-order valence-corrected chi connectivity index (χ3v) is 4.01. The van der Waals surface area contributed by atoms with Crippen LogP contribution in [0.4, 0.5) is 5.69 Å². The van der Waals surface area contributed by atoms with Crippen LogP contribution in [0, 0.1) is 11.3 Å². The molecule has 4 heteroatoms. The average Bonchev–Trinajstić information content (AvgIpc) is 3.01. The van der Waals surface area contributed by atoms with Gasteiger partial charge in [0.15, 0.2) is 0 Å². The average molecular weight is 297 g/mol. The van der Waals surface area contributed by atoms with Crippen molar-refractivity contribution in [3.05, 3.63) is 41.6 Å². The van der Waals surface area contributed by atoms with Gasteiger partial charge in [0.2, 0.25) is 0 Å². The highest BCUT2D eigenvalue weighted by Gasteiger charge is 2.19. The molecular weight excluding hydrogens is 274 g/mol. The molecule has 0 saturated heterocycles. The number of nitrogens with one attached hydrogen (secondary N) is 2. The van der Waals surface area contributed by atoms with Crippen molar-refractivity contribution in [3.63, 3.8) is 0 Å². The van der Waals surface area contributed by atoms with Crippen LogP contribution < -0.4 is 10.6 Å². The van der Waals surface area contributed by atoms with Crippen molar-refractivity contribution in [2.75, 3.05) is 5.32 Å². The summed E-state index contributed by atoms with van der Waals surface area (Å²) in [5.41, 5.74) is 2.21. The van der Waals surface area contributed by atoms with Gasteiger partial charge in [-0.3, -0.25) is 4.79 Å². The number of hydrogen-bond donors (Lipinski definition) is 2. The number of anilines is 1. The van der Waals surface area contributed by atoms with Gasteiger partial charge in [0, 0.05) is 17.9 Å². The Kier molecular flexibility index (Phi) is 5.60. The van der Waals surface area contributed by atoms with Gasteiger partial charge in [-0.1, -0.05) is 44.9 Å². The number of carbonyl (C=O) groups is 1. The summed E-state index contributed by atoms with van der Waals surface area (Å²) in [6, 6.07) is 10.1. The van der Waals surface area contributed by atoms with E-state index in [9.17, 15) is 10.1 Å². The van der Waals surface area contributed by atoms with Crippen LogP contribution in [-0.2, 0) is 4.79 Å². The molecule has 1 saturated carbocycles. The normalized spacial score (nSPS) is 15.6. The van der Waals surface area contributed by atoms with Crippen LogP contribution >= 0.6 is 0 Å². The standard InChI is InChI=1S/C18H23N3O/c1-13(2)16-9-5-6-10-17(16)20-12-14(11-19)18(22)21-15-7-3-4-8-15/h5-6,9-10,12-13,15,20H,3-4,7-8H2,1-2H3,(H,21,22)/b14-12-. The quantitative estimate of drug-likeness (QED) is 0.643. The van der Waals surface area contributed by atoms with Crippen LogP contribution in [0.2, 0.25) is 0 Å². The summed E-state index contributed by atoms with van der Waals surface area (Å²) in [4.78, 5) is 12.1. The molecule has 0 heterocycles. The van der Waals surface area contributed by atoms with Gasteiger partial charge in [-0.2, -0.15) is 5.26 Å². The molecule has 0 aliphatic heterocycles. The van der Waals surface area contributed by atoms with E-state index in [1.54, 1.807) is 0 Å². The third-order valence-electron chi connectivity index (χ3n) is 4.01. The number of para-hydroxylation sites is 1. The first-order chi connectivity index (χ1) is 10.6. The lowest BCUT2D eigenvalue weighted by Gasteiger charge is -2.13. The smallest absolute Gasteiger partial charge is 0.263 e. The van der Waals surface area contributed by atoms with Crippen molar-refractivity contribution < 1.29 is 4.79 Å². The lowest BCUT2D eigenvalue weighted by atomic mass is 10.0. The highest BCUT2D eigenvalue weighted by Crippen LogP contribution is 2.24. The van der Waals surface area contributed by atoms with Crippen LogP contribution in [0.15, 0.2) is 36.0 Å². The number of benzene rings is 1. The monoisotopic (exact) mass is 297 g/mol. The third kappa shape index (κ3) is 4.11. The number of hydrogen-bond acceptors (Lipinski definition) is 3. The molecule has 1 amide bonds. The minimum Gasteiger partial charge on any atom is -0.360 e. The fourth-order valence-corrected chi connectivity index (χ4v) is 2.76. The highest BCUT2D eigenvalue weighted by molar-refractivity contribution is 5.97. The molecule has 0 atom stereocenters. The van der Waals surface area contributed by atoms with Crippen LogP contribution in [0.3, 0.4) is 0 Å². The van der Waals surface area contributed by atoms with Gasteiger partial charge in [0.05, 0.1) is 0 Å². The largest absolute Gasteiger partial charge is 0.360 e. The Morgan fingerprint density at radius 1 is 1.32 bits per heavy atom. The molecule has 2 rings (SSSR count). The summed E-state index contributed by atoms with van der Waals surface area (Å²) in [6.45, 7) is 4.23. The molecule has 116 valence electrons. The molecule has 0 unspecified atom stereocenters. The first-order valence-corrected chi connectivity index (χ1v) is 7.88. The Hall–Kier alpha value is -2.28. The van der Waals surface area contributed by atoms with Crippen molar-refractivity contribution in [3.8, 4) is 6.07 Å². The maximum atomic E-state index is 12.1. The molecular formula is C18H23N3O. The van der Waals surface area contributed by atoms with Gasteiger partial charge in [-0.25, -0.2) is 0 Å². The van der Waals surface area contributed by atoms with Gasteiger partial charge in [-0.15, -0.1) is 0 Å². The van der Waals surface area contributed by atoms with E-state index in [0.717, 1.165) is 36.9 Å². The van der Waals surface area contributed by atoms with E-state index in [4.69, 9.17) is 0 Å². The van der Waals surface area contributed by atoms with Crippen LogP contribution in [0.5, 0.6) is 0 Å². The van der Waals surface area contributed by atoms with Crippen molar-refractivity contribution in [2.45, 2.75) is 51.5 Å². The molecule has 1 aromatic carbocycles. The Morgan fingerprint density at radius 3 is 2.64 bits per heavy atom. The van der Waals surface area contributed by atoms with Crippen molar-refractivity contribution in [1.29, 1.82) is 5.26 Å². The van der Waals surface area contributed by atoms with Crippen LogP contribution in [-0.4, -0.2) is 11.9 Å². The van der Waals surface area contributed by atoms with E-state index < -0.39 is 0 Å². The molecule has 0 radical (unpaired) electrons. The first kappa shape index (κ1) is 16.1. The second-order valence-corrected chi connectivity index (χ2v) is 6.01. The van der Waals surface area contributed by atoms with E-state index in [1.165, 1.54) is 6.20 Å². The molecule has 2 N–H and O–H groups in total. The number of carbonyl (C=O) groups excluding carboxylic acids is 1. The van der Waals surface area contributed by atoms with E-state index in [-0.39, 0.29) is 17.5 Å². The Balaban J connectivity index is 2.06. The molecule has 0 bridgehead atoms. The number of amides is 1. The first-order valence-electron chi connectivity index (χ1n) is 7.88. The molecule has 0 spiro atoms. The number of nitriles is 1. The van der Waals surface area contributed by atoms with Crippen LogP contribution in [0.25, 0.3) is 0 Å². The zero-order valence-corrected chi connectivity index (χ0v) is 13.2. The second kappa shape index (κ2) is 7.65. The molecule has 4 nitrogen and oxygen atoms in total. The molecule has 1 fully saturated rings. The van der Waals surface area contributed by atoms with Gasteiger partial charge in [0.25, 0.3) is 5.91 Å². The topological polar surface area (TPSA) is 64.9 Å². The summed E-state index contributed by atoms with van der Waals surface area (Å²) in [5, 5.41) is 15.2. The van der Waals surface area contributed by atoms with Gasteiger partial charge in [-0.05, 0) is 30.4 Å². The molecule has 1 aliphatic carbocycles. The maximum Gasteiger partial charge on any atom is 0.263 e. The zero-order chi connectivity index (χ0) is 15.9. The summed E-state index contributed by atoms with van der Waals surface area (Å²) in [6.07, 6.45) is 5.82.